The highest BCUT2D eigenvalue weighted by atomic mass is 16.2. The van der Waals surface area contributed by atoms with Gasteiger partial charge < -0.3 is 16.4 Å². The molecule has 4 N–H and O–H groups in total. The maximum absolute atomic E-state index is 11.6. The average Bonchev–Trinajstić information content (AvgIpc) is 2.30. The molecule has 0 unspecified atom stereocenters. The van der Waals surface area contributed by atoms with Crippen LogP contribution >= 0.6 is 0 Å². The Kier molecular flexibility index (Phi) is 9.43. The average molecular weight is 243 g/mol. The van der Waals surface area contributed by atoms with Crippen LogP contribution in [0.1, 0.15) is 39.0 Å². The van der Waals surface area contributed by atoms with Gasteiger partial charge in [-0.3, -0.25) is 9.59 Å². The Balaban J connectivity index is 3.47. The summed E-state index contributed by atoms with van der Waals surface area (Å²) in [5, 5.41) is 5.95. The fourth-order valence-corrected chi connectivity index (χ4v) is 1.48. The van der Waals surface area contributed by atoms with E-state index in [0.717, 1.165) is 25.8 Å². The molecular weight excluding hydrogens is 218 g/mol. The summed E-state index contributed by atoms with van der Waals surface area (Å²) in [5.74, 6) is -0.476. The molecule has 0 aliphatic carbocycles. The van der Waals surface area contributed by atoms with Crippen LogP contribution in [0, 0.1) is 5.92 Å². The summed E-state index contributed by atoms with van der Waals surface area (Å²) in [6, 6.07) is 0. The summed E-state index contributed by atoms with van der Waals surface area (Å²) in [4.78, 5) is 22.1. The quantitative estimate of drug-likeness (QED) is 0.485. The Labute approximate surface area is 104 Å². The summed E-state index contributed by atoms with van der Waals surface area (Å²) in [6.45, 7) is 3.55. The molecule has 0 aliphatic rings. The molecular formula is C12H25N3O2. The van der Waals surface area contributed by atoms with Gasteiger partial charge in [-0.1, -0.05) is 13.3 Å². The van der Waals surface area contributed by atoms with Gasteiger partial charge in [-0.15, -0.1) is 0 Å². The molecule has 17 heavy (non-hydrogen) atoms. The lowest BCUT2D eigenvalue weighted by atomic mass is 10.0. The number of primary amides is 1. The monoisotopic (exact) mass is 243 g/mol. The van der Waals surface area contributed by atoms with Gasteiger partial charge in [0.25, 0.3) is 0 Å². The SMILES string of the molecule is CNCCCCCNC(=O)[C@H](C)CCC(N)=O. The van der Waals surface area contributed by atoms with Crippen molar-refractivity contribution in [1.29, 1.82) is 0 Å². The summed E-state index contributed by atoms with van der Waals surface area (Å²) < 4.78 is 0. The third-order valence-corrected chi connectivity index (χ3v) is 2.67. The van der Waals surface area contributed by atoms with Gasteiger partial charge in [0, 0.05) is 18.9 Å². The second-order valence-electron chi connectivity index (χ2n) is 4.36. The number of unbranched alkanes of at least 4 members (excludes halogenated alkanes) is 2. The van der Waals surface area contributed by atoms with E-state index in [2.05, 4.69) is 10.6 Å². The van der Waals surface area contributed by atoms with Gasteiger partial charge >= 0.3 is 0 Å². The summed E-state index contributed by atoms with van der Waals surface area (Å²) >= 11 is 0. The van der Waals surface area contributed by atoms with E-state index < -0.39 is 0 Å². The molecule has 0 rings (SSSR count). The van der Waals surface area contributed by atoms with E-state index >= 15 is 0 Å². The standard InChI is InChI=1S/C12H25N3O2/c1-10(6-7-11(13)16)12(17)15-9-5-3-4-8-14-2/h10,14H,3-9H2,1-2H3,(H2,13,16)(H,15,17)/t10-/m1/s1. The van der Waals surface area contributed by atoms with Crippen LogP contribution in [0.2, 0.25) is 0 Å². The Morgan fingerprint density at radius 1 is 1.18 bits per heavy atom. The van der Waals surface area contributed by atoms with E-state index in [1.807, 2.05) is 14.0 Å². The first-order valence-corrected chi connectivity index (χ1v) is 6.28. The van der Waals surface area contributed by atoms with Gasteiger partial charge in [0.1, 0.15) is 0 Å². The van der Waals surface area contributed by atoms with Gasteiger partial charge in [0.15, 0.2) is 0 Å². The normalized spacial score (nSPS) is 12.1. The minimum Gasteiger partial charge on any atom is -0.370 e. The van der Waals surface area contributed by atoms with Crippen LogP contribution in [-0.4, -0.2) is 32.0 Å². The summed E-state index contributed by atoms with van der Waals surface area (Å²) in [5.41, 5.74) is 5.03. The van der Waals surface area contributed by atoms with E-state index in [9.17, 15) is 9.59 Å². The van der Waals surface area contributed by atoms with Crippen LogP contribution in [0.4, 0.5) is 0 Å². The number of nitrogens with two attached hydrogens (primary N) is 1. The van der Waals surface area contributed by atoms with Crippen molar-refractivity contribution in [2.75, 3.05) is 20.1 Å². The second kappa shape index (κ2) is 10.1. The van der Waals surface area contributed by atoms with E-state index in [1.54, 1.807) is 0 Å². The maximum Gasteiger partial charge on any atom is 0.222 e. The Morgan fingerprint density at radius 2 is 1.82 bits per heavy atom. The lowest BCUT2D eigenvalue weighted by Crippen LogP contribution is -2.30. The molecule has 100 valence electrons. The van der Waals surface area contributed by atoms with Gasteiger partial charge in [-0.2, -0.15) is 0 Å². The molecule has 0 aromatic carbocycles. The van der Waals surface area contributed by atoms with Gasteiger partial charge in [0.2, 0.25) is 11.8 Å². The number of carbonyl (C=O) groups is 2. The van der Waals surface area contributed by atoms with E-state index in [0.29, 0.717) is 13.0 Å². The highest BCUT2D eigenvalue weighted by Crippen LogP contribution is 2.05. The molecule has 1 atom stereocenters. The fourth-order valence-electron chi connectivity index (χ4n) is 1.48. The lowest BCUT2D eigenvalue weighted by molar-refractivity contribution is -0.125. The van der Waals surface area contributed by atoms with Gasteiger partial charge in [0.05, 0.1) is 0 Å². The lowest BCUT2D eigenvalue weighted by Gasteiger charge is -2.11. The van der Waals surface area contributed by atoms with Crippen molar-refractivity contribution in [2.45, 2.75) is 39.0 Å². The molecule has 2 amide bonds. The second-order valence-corrected chi connectivity index (χ2v) is 4.36. The summed E-state index contributed by atoms with van der Waals surface area (Å²) in [6.07, 6.45) is 4.04. The van der Waals surface area contributed by atoms with Crippen molar-refractivity contribution in [1.82, 2.24) is 10.6 Å². The van der Waals surface area contributed by atoms with Crippen molar-refractivity contribution in [3.8, 4) is 0 Å². The van der Waals surface area contributed by atoms with Crippen LogP contribution in [0.3, 0.4) is 0 Å². The molecule has 0 aliphatic heterocycles. The minimum absolute atomic E-state index is 0.0138. The molecule has 0 aromatic heterocycles. The molecule has 5 nitrogen and oxygen atoms in total. The molecule has 5 heteroatoms. The zero-order valence-electron chi connectivity index (χ0n) is 10.9. The zero-order chi connectivity index (χ0) is 13.1. The molecule has 0 saturated carbocycles. The predicted octanol–water partition coefficient (Wildman–Crippen LogP) is 0.394. The van der Waals surface area contributed by atoms with Crippen LogP contribution in [0.5, 0.6) is 0 Å². The van der Waals surface area contributed by atoms with Crippen molar-refractivity contribution in [3.05, 3.63) is 0 Å². The van der Waals surface area contributed by atoms with Crippen molar-refractivity contribution < 1.29 is 9.59 Å². The van der Waals surface area contributed by atoms with Crippen LogP contribution in [0.25, 0.3) is 0 Å². The Bertz CT molecular complexity index is 232. The third kappa shape index (κ3) is 9.81. The Morgan fingerprint density at radius 3 is 2.41 bits per heavy atom. The highest BCUT2D eigenvalue weighted by molar-refractivity contribution is 5.79. The molecule has 0 aromatic rings. The first kappa shape index (κ1) is 15.9. The summed E-state index contributed by atoms with van der Waals surface area (Å²) in [7, 11) is 1.93. The first-order valence-electron chi connectivity index (χ1n) is 6.28. The largest absolute Gasteiger partial charge is 0.370 e. The smallest absolute Gasteiger partial charge is 0.222 e. The fraction of sp³-hybridized carbons (Fsp3) is 0.833. The minimum atomic E-state index is -0.350. The number of carbonyl (C=O) groups excluding carboxylic acids is 2. The molecule has 0 fully saturated rings. The van der Waals surface area contributed by atoms with Gasteiger partial charge in [-0.05, 0) is 32.9 Å². The Hall–Kier alpha value is -1.10. The number of hydrogen-bond donors (Lipinski definition) is 3. The van der Waals surface area contributed by atoms with E-state index in [4.69, 9.17) is 5.73 Å². The van der Waals surface area contributed by atoms with Crippen LogP contribution < -0.4 is 16.4 Å². The number of rotatable bonds is 10. The molecule has 0 heterocycles. The van der Waals surface area contributed by atoms with E-state index in [-0.39, 0.29) is 24.2 Å². The number of nitrogens with one attached hydrogen (secondary N) is 2. The topological polar surface area (TPSA) is 84.2 Å². The highest BCUT2D eigenvalue weighted by Gasteiger charge is 2.12. The maximum atomic E-state index is 11.6. The third-order valence-electron chi connectivity index (χ3n) is 2.67. The molecule has 0 bridgehead atoms. The van der Waals surface area contributed by atoms with E-state index in [1.165, 1.54) is 0 Å². The predicted molar refractivity (Wildman–Crippen MR) is 68.4 cm³/mol. The van der Waals surface area contributed by atoms with Crippen molar-refractivity contribution >= 4 is 11.8 Å². The van der Waals surface area contributed by atoms with Crippen molar-refractivity contribution in [3.63, 3.8) is 0 Å². The van der Waals surface area contributed by atoms with Crippen molar-refractivity contribution in [2.24, 2.45) is 11.7 Å². The van der Waals surface area contributed by atoms with Crippen LogP contribution in [-0.2, 0) is 9.59 Å². The molecule has 0 spiro atoms. The number of amides is 2. The van der Waals surface area contributed by atoms with Gasteiger partial charge in [-0.25, -0.2) is 0 Å². The number of hydrogen-bond acceptors (Lipinski definition) is 3. The van der Waals surface area contributed by atoms with Crippen LogP contribution in [0.15, 0.2) is 0 Å². The zero-order valence-corrected chi connectivity index (χ0v) is 10.9. The first-order chi connectivity index (χ1) is 8.07. The molecule has 0 radical (unpaired) electrons. The molecule has 0 saturated heterocycles.